The predicted octanol–water partition coefficient (Wildman–Crippen LogP) is 3.17. The van der Waals surface area contributed by atoms with E-state index >= 15 is 0 Å². The van der Waals surface area contributed by atoms with E-state index in [0.717, 1.165) is 16.7 Å². The van der Waals surface area contributed by atoms with Gasteiger partial charge in [0.15, 0.2) is 0 Å². The highest BCUT2D eigenvalue weighted by atomic mass is 16.3. The molecular formula is C26H27N3O3. The molecule has 1 fully saturated rings. The molecule has 1 aliphatic heterocycles. The number of carbonyl (C=O) groups excluding carboxylic acids is 2. The van der Waals surface area contributed by atoms with E-state index in [2.05, 4.69) is 5.32 Å². The minimum absolute atomic E-state index is 0.253. The van der Waals surface area contributed by atoms with Crippen LogP contribution in [0.1, 0.15) is 16.7 Å². The maximum absolute atomic E-state index is 13.4. The van der Waals surface area contributed by atoms with Crippen molar-refractivity contribution < 1.29 is 14.7 Å². The van der Waals surface area contributed by atoms with Crippen LogP contribution in [-0.2, 0) is 24.4 Å². The van der Waals surface area contributed by atoms with Crippen molar-refractivity contribution in [1.29, 1.82) is 0 Å². The maximum Gasteiger partial charge on any atom is 0.321 e. The van der Waals surface area contributed by atoms with E-state index in [1.54, 1.807) is 9.80 Å². The van der Waals surface area contributed by atoms with E-state index in [1.165, 1.54) is 0 Å². The lowest BCUT2D eigenvalue weighted by Crippen LogP contribution is -2.50. The Balaban J connectivity index is 1.59. The summed E-state index contributed by atoms with van der Waals surface area (Å²) in [5, 5.41) is 13.2. The Kier molecular flexibility index (Phi) is 6.82. The van der Waals surface area contributed by atoms with Gasteiger partial charge in [-0.3, -0.25) is 4.79 Å². The second-order valence-corrected chi connectivity index (χ2v) is 7.91. The summed E-state index contributed by atoms with van der Waals surface area (Å²) in [6.45, 7) is 0.692. The third-order valence-corrected chi connectivity index (χ3v) is 5.75. The predicted molar refractivity (Wildman–Crippen MR) is 122 cm³/mol. The van der Waals surface area contributed by atoms with Crippen LogP contribution in [0.4, 0.5) is 4.79 Å². The van der Waals surface area contributed by atoms with Crippen molar-refractivity contribution in [2.24, 2.45) is 0 Å². The molecule has 4 rings (SSSR count). The summed E-state index contributed by atoms with van der Waals surface area (Å²) >= 11 is 0. The lowest BCUT2D eigenvalue weighted by atomic mass is 10.1. The molecule has 0 saturated carbocycles. The number of nitrogens with one attached hydrogen (secondary N) is 1. The molecule has 1 aliphatic rings. The number of carbonyl (C=O) groups is 2. The lowest BCUT2D eigenvalue weighted by molar-refractivity contribution is -0.126. The zero-order valence-electron chi connectivity index (χ0n) is 17.8. The van der Waals surface area contributed by atoms with Crippen LogP contribution in [0.2, 0.25) is 0 Å². The van der Waals surface area contributed by atoms with Gasteiger partial charge in [-0.25, -0.2) is 4.79 Å². The molecule has 1 heterocycles. The zero-order valence-corrected chi connectivity index (χ0v) is 17.8. The van der Waals surface area contributed by atoms with Gasteiger partial charge in [0.05, 0.1) is 12.6 Å². The summed E-state index contributed by atoms with van der Waals surface area (Å²) in [6.07, 6.45) is 0. The van der Waals surface area contributed by atoms with Crippen LogP contribution in [0.15, 0.2) is 91.0 Å². The first-order valence-corrected chi connectivity index (χ1v) is 10.7. The van der Waals surface area contributed by atoms with Crippen molar-refractivity contribution in [2.75, 3.05) is 6.61 Å². The summed E-state index contributed by atoms with van der Waals surface area (Å²) in [4.78, 5) is 29.9. The molecule has 6 heteroatoms. The normalized spacial score (nSPS) is 18.1. The van der Waals surface area contributed by atoms with Crippen LogP contribution in [-0.4, -0.2) is 45.5 Å². The third-order valence-electron chi connectivity index (χ3n) is 5.75. The van der Waals surface area contributed by atoms with Gasteiger partial charge in [-0.05, 0) is 16.7 Å². The quantitative estimate of drug-likeness (QED) is 0.578. The van der Waals surface area contributed by atoms with Gasteiger partial charge in [-0.2, -0.15) is 0 Å². The molecule has 0 aromatic heterocycles. The molecule has 3 aromatic rings. The second-order valence-electron chi connectivity index (χ2n) is 7.91. The average Bonchev–Trinajstić information content (AvgIpc) is 3.10. The van der Waals surface area contributed by atoms with E-state index in [-0.39, 0.29) is 18.5 Å². The Hall–Kier alpha value is -3.64. The molecule has 0 spiro atoms. The van der Waals surface area contributed by atoms with Gasteiger partial charge >= 0.3 is 6.03 Å². The van der Waals surface area contributed by atoms with Crippen molar-refractivity contribution in [1.82, 2.24) is 15.1 Å². The Morgan fingerprint density at radius 1 is 0.750 bits per heavy atom. The molecule has 0 radical (unpaired) electrons. The molecule has 0 unspecified atom stereocenters. The molecule has 3 aromatic carbocycles. The molecule has 0 aliphatic carbocycles. The third kappa shape index (κ3) is 4.81. The minimum Gasteiger partial charge on any atom is -0.394 e. The molecule has 32 heavy (non-hydrogen) atoms. The van der Waals surface area contributed by atoms with E-state index < -0.39 is 12.1 Å². The molecule has 164 valence electrons. The zero-order chi connectivity index (χ0) is 22.3. The number of benzene rings is 3. The van der Waals surface area contributed by atoms with Crippen LogP contribution >= 0.6 is 0 Å². The van der Waals surface area contributed by atoms with Crippen molar-refractivity contribution in [2.45, 2.75) is 31.7 Å². The van der Waals surface area contributed by atoms with E-state index in [4.69, 9.17) is 0 Å². The topological polar surface area (TPSA) is 72.9 Å². The van der Waals surface area contributed by atoms with Gasteiger partial charge in [0.2, 0.25) is 5.91 Å². The molecule has 1 saturated heterocycles. The molecule has 6 nitrogen and oxygen atoms in total. The van der Waals surface area contributed by atoms with Crippen molar-refractivity contribution in [3.8, 4) is 0 Å². The maximum atomic E-state index is 13.4. The SMILES string of the molecule is O=C(NCc1ccccc1)[C@H]1[C@@H](CO)N(Cc2ccccc2)C(=O)N1Cc1ccccc1. The van der Waals surface area contributed by atoms with Crippen LogP contribution in [0, 0.1) is 0 Å². The fraction of sp³-hybridized carbons (Fsp3) is 0.231. The highest BCUT2D eigenvalue weighted by Gasteiger charge is 2.48. The lowest BCUT2D eigenvalue weighted by Gasteiger charge is -2.26. The highest BCUT2D eigenvalue weighted by molar-refractivity contribution is 5.91. The summed E-state index contributed by atoms with van der Waals surface area (Å²) in [7, 11) is 0. The Morgan fingerprint density at radius 2 is 1.22 bits per heavy atom. The van der Waals surface area contributed by atoms with Crippen LogP contribution in [0.25, 0.3) is 0 Å². The number of aliphatic hydroxyl groups excluding tert-OH is 1. The Morgan fingerprint density at radius 3 is 1.72 bits per heavy atom. The minimum atomic E-state index is -0.792. The van der Waals surface area contributed by atoms with Crippen molar-refractivity contribution in [3.05, 3.63) is 108 Å². The van der Waals surface area contributed by atoms with Gasteiger partial charge in [-0.1, -0.05) is 91.0 Å². The molecular weight excluding hydrogens is 402 g/mol. The number of hydrogen-bond acceptors (Lipinski definition) is 3. The number of rotatable bonds is 8. The van der Waals surface area contributed by atoms with Crippen molar-refractivity contribution >= 4 is 11.9 Å². The monoisotopic (exact) mass is 429 g/mol. The van der Waals surface area contributed by atoms with Crippen LogP contribution < -0.4 is 5.32 Å². The average molecular weight is 430 g/mol. The van der Waals surface area contributed by atoms with Gasteiger partial charge in [0.25, 0.3) is 0 Å². The fourth-order valence-electron chi connectivity index (χ4n) is 4.12. The first-order valence-electron chi connectivity index (χ1n) is 10.7. The van der Waals surface area contributed by atoms with Crippen LogP contribution in [0.3, 0.4) is 0 Å². The Bertz CT molecular complexity index is 1030. The standard InChI is InChI=1S/C26H27N3O3/c30-19-23-24(25(31)27-16-20-10-4-1-5-11-20)29(18-22-14-8-3-9-15-22)26(32)28(23)17-21-12-6-2-7-13-21/h1-15,23-24,30H,16-19H2,(H,27,31)/t23-,24-/m1/s1. The summed E-state index contributed by atoms with van der Waals surface area (Å²) in [6, 6.07) is 27.2. The summed E-state index contributed by atoms with van der Waals surface area (Å²) in [5.74, 6) is -0.271. The van der Waals surface area contributed by atoms with E-state index in [1.807, 2.05) is 91.0 Å². The molecule has 0 bridgehead atoms. The number of nitrogens with zero attached hydrogens (tertiary/aromatic N) is 2. The molecule has 3 amide bonds. The fourth-order valence-corrected chi connectivity index (χ4v) is 4.12. The van der Waals surface area contributed by atoms with Gasteiger partial charge in [-0.15, -0.1) is 0 Å². The smallest absolute Gasteiger partial charge is 0.321 e. The second kappa shape index (κ2) is 10.1. The van der Waals surface area contributed by atoms with E-state index in [9.17, 15) is 14.7 Å². The summed E-state index contributed by atoms with van der Waals surface area (Å²) < 4.78 is 0. The Labute approximate surface area is 188 Å². The van der Waals surface area contributed by atoms with Gasteiger partial charge in [0, 0.05) is 19.6 Å². The number of hydrogen-bond donors (Lipinski definition) is 2. The van der Waals surface area contributed by atoms with Gasteiger partial charge < -0.3 is 20.2 Å². The van der Waals surface area contributed by atoms with Gasteiger partial charge in [0.1, 0.15) is 6.04 Å². The number of amides is 3. The van der Waals surface area contributed by atoms with E-state index in [0.29, 0.717) is 19.6 Å². The number of urea groups is 1. The summed E-state index contributed by atoms with van der Waals surface area (Å²) in [5.41, 5.74) is 2.85. The first-order chi connectivity index (χ1) is 15.7. The highest BCUT2D eigenvalue weighted by Crippen LogP contribution is 2.27. The first kappa shape index (κ1) is 21.6. The molecule has 2 atom stereocenters. The van der Waals surface area contributed by atoms with Crippen LogP contribution in [0.5, 0.6) is 0 Å². The van der Waals surface area contributed by atoms with Crippen molar-refractivity contribution in [3.63, 3.8) is 0 Å². The number of aliphatic hydroxyl groups is 1. The largest absolute Gasteiger partial charge is 0.394 e. The molecule has 2 N–H and O–H groups in total.